The van der Waals surface area contributed by atoms with Gasteiger partial charge >= 0.3 is 6.09 Å². The third-order valence-corrected chi connectivity index (χ3v) is 7.66. The van der Waals surface area contributed by atoms with Crippen molar-refractivity contribution in [2.24, 2.45) is 0 Å². The molecule has 0 atom stereocenters. The summed E-state index contributed by atoms with van der Waals surface area (Å²) in [7, 11) is -5.60. The SMILES string of the molecule is CN(c1ccc(S(=O)(=O)C2CCN(C(=O)O)CC2)cc1)S(C)(=O)=O. The van der Waals surface area contributed by atoms with Crippen LogP contribution in [-0.4, -0.2) is 64.6 Å². The molecule has 10 heteroatoms. The van der Waals surface area contributed by atoms with Gasteiger partial charge in [0, 0.05) is 20.1 Å². The lowest BCUT2D eigenvalue weighted by Crippen LogP contribution is -2.41. The number of sulfonamides is 1. The largest absolute Gasteiger partial charge is 0.465 e. The summed E-state index contributed by atoms with van der Waals surface area (Å²) in [6.45, 7) is 0.377. The molecule has 0 spiro atoms. The van der Waals surface area contributed by atoms with E-state index in [9.17, 15) is 21.6 Å². The van der Waals surface area contributed by atoms with Crippen molar-refractivity contribution in [1.29, 1.82) is 0 Å². The van der Waals surface area contributed by atoms with Gasteiger partial charge < -0.3 is 10.0 Å². The number of carboxylic acid groups (broad SMARTS) is 1. The predicted molar refractivity (Wildman–Crippen MR) is 89.5 cm³/mol. The Balaban J connectivity index is 2.18. The summed E-state index contributed by atoms with van der Waals surface area (Å²) in [5, 5.41) is 8.28. The maximum Gasteiger partial charge on any atom is 0.407 e. The molecule has 1 N–H and O–H groups in total. The molecule has 1 aliphatic heterocycles. The van der Waals surface area contributed by atoms with Gasteiger partial charge in [0.05, 0.1) is 22.1 Å². The Bertz CT molecular complexity index is 809. The molecule has 2 rings (SSSR count). The smallest absolute Gasteiger partial charge is 0.407 e. The van der Waals surface area contributed by atoms with Crippen molar-refractivity contribution in [3.63, 3.8) is 0 Å². The van der Waals surface area contributed by atoms with Gasteiger partial charge in [-0.2, -0.15) is 0 Å². The van der Waals surface area contributed by atoms with Crippen LogP contribution in [0.15, 0.2) is 29.2 Å². The third-order valence-electron chi connectivity index (χ3n) is 4.18. The summed E-state index contributed by atoms with van der Waals surface area (Å²) >= 11 is 0. The number of hydrogen-bond donors (Lipinski definition) is 1. The Hall–Kier alpha value is -1.81. The van der Waals surface area contributed by atoms with Gasteiger partial charge in [0.25, 0.3) is 0 Å². The highest BCUT2D eigenvalue weighted by Crippen LogP contribution is 2.26. The van der Waals surface area contributed by atoms with E-state index in [0.29, 0.717) is 5.69 Å². The van der Waals surface area contributed by atoms with E-state index in [0.717, 1.165) is 10.6 Å². The molecular weight excluding hydrogens is 356 g/mol. The Morgan fingerprint density at radius 1 is 1.12 bits per heavy atom. The zero-order valence-electron chi connectivity index (χ0n) is 13.4. The quantitative estimate of drug-likeness (QED) is 0.839. The first-order chi connectivity index (χ1) is 11.0. The Kier molecular flexibility index (Phi) is 5.09. The van der Waals surface area contributed by atoms with Crippen molar-refractivity contribution in [3.05, 3.63) is 24.3 Å². The molecular formula is C14H20N2O6S2. The summed E-state index contributed by atoms with van der Waals surface area (Å²) in [5.74, 6) is 0. The Morgan fingerprint density at radius 3 is 2.04 bits per heavy atom. The van der Waals surface area contributed by atoms with Gasteiger partial charge in [0.15, 0.2) is 9.84 Å². The van der Waals surface area contributed by atoms with Crippen molar-refractivity contribution >= 4 is 31.6 Å². The average Bonchev–Trinajstić information content (AvgIpc) is 2.53. The molecule has 0 unspecified atom stereocenters. The van der Waals surface area contributed by atoms with Crippen LogP contribution in [0.5, 0.6) is 0 Å². The highest BCUT2D eigenvalue weighted by Gasteiger charge is 2.32. The standard InChI is InChI=1S/C14H20N2O6S2/c1-15(23(2,19)20)11-3-5-12(6-4-11)24(21,22)13-7-9-16(10-8-13)14(17)18/h3-6,13H,7-10H2,1-2H3,(H,17,18). The third kappa shape index (κ3) is 3.81. The summed E-state index contributed by atoms with van der Waals surface area (Å²) < 4.78 is 49.4. The number of sulfone groups is 1. The molecule has 1 saturated heterocycles. The summed E-state index contributed by atoms with van der Waals surface area (Å²) in [4.78, 5) is 12.2. The number of anilines is 1. The van der Waals surface area contributed by atoms with Gasteiger partial charge in [-0.1, -0.05) is 0 Å². The van der Waals surface area contributed by atoms with E-state index in [1.54, 1.807) is 0 Å². The van der Waals surface area contributed by atoms with Gasteiger partial charge in [-0.15, -0.1) is 0 Å². The van der Waals surface area contributed by atoms with Crippen LogP contribution in [0.4, 0.5) is 10.5 Å². The van der Waals surface area contributed by atoms with Gasteiger partial charge in [-0.3, -0.25) is 4.31 Å². The first kappa shape index (κ1) is 18.5. The Labute approximate surface area is 141 Å². The maximum atomic E-state index is 12.6. The first-order valence-electron chi connectivity index (χ1n) is 7.29. The van der Waals surface area contributed by atoms with E-state index in [1.165, 1.54) is 36.2 Å². The van der Waals surface area contributed by atoms with E-state index < -0.39 is 31.2 Å². The van der Waals surface area contributed by atoms with Crippen molar-refractivity contribution in [2.45, 2.75) is 23.0 Å². The molecule has 1 amide bonds. The molecule has 1 aromatic rings. The molecule has 8 nitrogen and oxygen atoms in total. The van der Waals surface area contributed by atoms with Crippen LogP contribution in [0.2, 0.25) is 0 Å². The topological polar surface area (TPSA) is 112 Å². The van der Waals surface area contributed by atoms with Crippen LogP contribution >= 0.6 is 0 Å². The molecule has 0 saturated carbocycles. The molecule has 1 fully saturated rings. The number of likely N-dealkylation sites (tertiary alicyclic amines) is 1. The summed E-state index contributed by atoms with van der Waals surface area (Å²) in [6.07, 6.45) is 0.520. The van der Waals surface area contributed by atoms with E-state index in [1.807, 2.05) is 0 Å². The van der Waals surface area contributed by atoms with Gasteiger partial charge in [-0.25, -0.2) is 21.6 Å². The zero-order chi connectivity index (χ0) is 18.1. The van der Waals surface area contributed by atoms with Crippen LogP contribution in [-0.2, 0) is 19.9 Å². The minimum Gasteiger partial charge on any atom is -0.465 e. The lowest BCUT2D eigenvalue weighted by molar-refractivity contribution is 0.136. The highest BCUT2D eigenvalue weighted by molar-refractivity contribution is 7.92. The van der Waals surface area contributed by atoms with Crippen LogP contribution in [0.1, 0.15) is 12.8 Å². The van der Waals surface area contributed by atoms with E-state index in [2.05, 4.69) is 0 Å². The molecule has 1 heterocycles. The monoisotopic (exact) mass is 376 g/mol. The van der Waals surface area contributed by atoms with E-state index in [4.69, 9.17) is 5.11 Å². The maximum absolute atomic E-state index is 12.6. The first-order valence-corrected chi connectivity index (χ1v) is 10.7. The lowest BCUT2D eigenvalue weighted by Gasteiger charge is -2.29. The van der Waals surface area contributed by atoms with Crippen molar-refractivity contribution in [2.75, 3.05) is 30.7 Å². The average molecular weight is 376 g/mol. The lowest BCUT2D eigenvalue weighted by atomic mass is 10.1. The minimum atomic E-state index is -3.58. The number of benzene rings is 1. The molecule has 1 aliphatic rings. The van der Waals surface area contributed by atoms with Crippen LogP contribution in [0.3, 0.4) is 0 Å². The fraction of sp³-hybridized carbons (Fsp3) is 0.500. The van der Waals surface area contributed by atoms with Crippen LogP contribution < -0.4 is 4.31 Å². The summed E-state index contributed by atoms with van der Waals surface area (Å²) in [5.41, 5.74) is 0.372. The number of carbonyl (C=O) groups is 1. The van der Waals surface area contributed by atoms with Gasteiger partial charge in [-0.05, 0) is 37.1 Å². The fourth-order valence-electron chi connectivity index (χ4n) is 2.59. The zero-order valence-corrected chi connectivity index (χ0v) is 15.0. The molecule has 0 aliphatic carbocycles. The number of nitrogens with zero attached hydrogens (tertiary/aromatic N) is 2. The van der Waals surface area contributed by atoms with Crippen molar-refractivity contribution in [3.8, 4) is 0 Å². The number of amides is 1. The van der Waals surface area contributed by atoms with E-state index >= 15 is 0 Å². The van der Waals surface area contributed by atoms with Crippen LogP contribution in [0, 0.1) is 0 Å². The molecule has 134 valence electrons. The normalized spacial score (nSPS) is 16.8. The van der Waals surface area contributed by atoms with Gasteiger partial charge in [0.2, 0.25) is 10.0 Å². The second-order valence-electron chi connectivity index (χ2n) is 5.74. The van der Waals surface area contributed by atoms with Crippen LogP contribution in [0.25, 0.3) is 0 Å². The van der Waals surface area contributed by atoms with E-state index in [-0.39, 0.29) is 30.8 Å². The fourth-order valence-corrected chi connectivity index (χ4v) is 4.82. The second kappa shape index (κ2) is 6.60. The molecule has 0 aromatic heterocycles. The predicted octanol–water partition coefficient (Wildman–Crippen LogP) is 0.999. The Morgan fingerprint density at radius 2 is 1.62 bits per heavy atom. The molecule has 24 heavy (non-hydrogen) atoms. The van der Waals surface area contributed by atoms with Crippen molar-refractivity contribution < 1.29 is 26.7 Å². The highest BCUT2D eigenvalue weighted by atomic mass is 32.2. The molecule has 0 bridgehead atoms. The van der Waals surface area contributed by atoms with Gasteiger partial charge in [0.1, 0.15) is 0 Å². The minimum absolute atomic E-state index is 0.113. The number of piperidine rings is 1. The second-order valence-corrected chi connectivity index (χ2v) is 9.98. The molecule has 1 aromatic carbocycles. The number of hydrogen-bond acceptors (Lipinski definition) is 5. The van der Waals surface area contributed by atoms with Crippen molar-refractivity contribution in [1.82, 2.24) is 4.90 Å². The summed E-state index contributed by atoms with van der Waals surface area (Å²) in [6, 6.07) is 5.66. The number of rotatable bonds is 4. The molecule has 0 radical (unpaired) electrons.